The number of allylic oxidation sites excluding steroid dienone is 1. The highest BCUT2D eigenvalue weighted by atomic mass is 79.9. The van der Waals surface area contributed by atoms with Gasteiger partial charge in [0, 0.05) is 28.7 Å². The second-order valence-corrected chi connectivity index (χ2v) is 8.11. The summed E-state index contributed by atoms with van der Waals surface area (Å²) < 4.78 is 9.78. The third kappa shape index (κ3) is 4.47. The summed E-state index contributed by atoms with van der Waals surface area (Å²) in [4.78, 5) is 17.1. The highest BCUT2D eigenvalue weighted by Gasteiger charge is 2.19. The van der Waals surface area contributed by atoms with Gasteiger partial charge in [-0.05, 0) is 36.4 Å². The number of ether oxygens (including phenoxy) is 1. The van der Waals surface area contributed by atoms with E-state index in [9.17, 15) is 9.90 Å². The molecule has 0 amide bonds. The Bertz CT molecular complexity index is 1320. The largest absolute Gasteiger partial charge is 0.842 e. The number of benzene rings is 1. The van der Waals surface area contributed by atoms with Crippen LogP contribution >= 0.6 is 27.5 Å². The Labute approximate surface area is 191 Å². The number of hydrogen-bond donors (Lipinski definition) is 0. The second-order valence-electron chi connectivity index (χ2n) is 6.81. The first-order valence-electron chi connectivity index (χ1n) is 9.39. The summed E-state index contributed by atoms with van der Waals surface area (Å²) in [5.41, 5.74) is 0.967. The predicted octanol–water partition coefficient (Wildman–Crippen LogP) is 4.04. The van der Waals surface area contributed by atoms with Gasteiger partial charge in [0.2, 0.25) is 0 Å². The van der Waals surface area contributed by atoms with Crippen LogP contribution in [0.3, 0.4) is 0 Å². The topological polar surface area (TPSA) is 70.5 Å². The van der Waals surface area contributed by atoms with Crippen molar-refractivity contribution in [1.29, 1.82) is 0 Å². The summed E-state index contributed by atoms with van der Waals surface area (Å²) in [6.07, 6.45) is 4.90. The molecular weight excluding hydrogens is 482 g/mol. The van der Waals surface area contributed by atoms with Gasteiger partial charge in [-0.25, -0.2) is 14.3 Å². The summed E-state index contributed by atoms with van der Waals surface area (Å²) in [7, 11) is 0. The lowest BCUT2D eigenvalue weighted by atomic mass is 10.2. The normalized spacial score (nSPS) is 10.9. The van der Waals surface area contributed by atoms with Crippen molar-refractivity contribution >= 4 is 33.2 Å². The highest BCUT2D eigenvalue weighted by molar-refractivity contribution is 9.10. The number of aromatic nitrogens is 3. The summed E-state index contributed by atoms with van der Waals surface area (Å²) in [6.45, 7) is 3.91. The number of nitrogens with zero attached hydrogens (tertiary/aromatic N) is 3. The molecular formula is C23H17BrClN3O3. The molecule has 0 N–H and O–H groups in total. The van der Waals surface area contributed by atoms with Gasteiger partial charge in [0.1, 0.15) is 23.6 Å². The molecule has 0 unspecified atom stereocenters. The first-order valence-corrected chi connectivity index (χ1v) is 10.6. The molecule has 0 fully saturated rings. The molecule has 156 valence electrons. The molecule has 0 aliphatic carbocycles. The van der Waals surface area contributed by atoms with Crippen LogP contribution in [0.5, 0.6) is 17.4 Å². The number of halogens is 2. The fourth-order valence-corrected chi connectivity index (χ4v) is 3.59. The first-order chi connectivity index (χ1) is 15.0. The van der Waals surface area contributed by atoms with E-state index in [-0.39, 0.29) is 24.4 Å². The van der Waals surface area contributed by atoms with Gasteiger partial charge in [-0.15, -0.1) is 6.58 Å². The van der Waals surface area contributed by atoms with E-state index in [4.69, 9.17) is 16.3 Å². The fraction of sp³-hybridized carbons (Fsp3) is 0.0870. The average Bonchev–Trinajstić information content (AvgIpc) is 2.77. The Balaban J connectivity index is 1.83. The molecule has 1 aromatic carbocycles. The molecule has 0 atom stereocenters. The highest BCUT2D eigenvalue weighted by Crippen LogP contribution is 2.23. The molecule has 3 heterocycles. The molecule has 6 nitrogen and oxygen atoms in total. The van der Waals surface area contributed by atoms with E-state index < -0.39 is 5.56 Å². The lowest BCUT2D eigenvalue weighted by molar-refractivity contribution is -0.709. The summed E-state index contributed by atoms with van der Waals surface area (Å²) >= 11 is 9.26. The standard InChI is InChI=1S/C23H17BrClN3O3/c1-2-3-19-22(29)27(13-15-4-10-20(25)26-12-15)21-11-9-18(14-28(21)23(19)30)31-17-7-5-16(24)6-8-17/h2,4-12,14H,1,3,13H2. The number of fused-ring (bicyclic) bond motifs is 1. The zero-order valence-electron chi connectivity index (χ0n) is 16.3. The fourth-order valence-electron chi connectivity index (χ4n) is 3.21. The lowest BCUT2D eigenvalue weighted by Crippen LogP contribution is -2.45. The van der Waals surface area contributed by atoms with Crippen molar-refractivity contribution in [2.24, 2.45) is 0 Å². The Kier molecular flexibility index (Phi) is 6.06. The van der Waals surface area contributed by atoms with Crippen LogP contribution in [0.2, 0.25) is 5.15 Å². The molecule has 8 heteroatoms. The van der Waals surface area contributed by atoms with Crippen molar-refractivity contribution in [3.05, 3.63) is 105 Å². The van der Waals surface area contributed by atoms with Gasteiger partial charge >= 0.3 is 5.56 Å². The minimum atomic E-state index is -0.397. The van der Waals surface area contributed by atoms with Crippen LogP contribution in [0.15, 0.2) is 82.8 Å². The molecule has 0 radical (unpaired) electrons. The summed E-state index contributed by atoms with van der Waals surface area (Å²) in [5.74, 6) is 0.740. The minimum absolute atomic E-state index is 0.134. The van der Waals surface area contributed by atoms with E-state index in [0.717, 1.165) is 10.0 Å². The van der Waals surface area contributed by atoms with Gasteiger partial charge in [0.25, 0.3) is 5.65 Å². The minimum Gasteiger partial charge on any atom is -0.842 e. The quantitative estimate of drug-likeness (QED) is 0.229. The van der Waals surface area contributed by atoms with E-state index in [2.05, 4.69) is 27.5 Å². The molecule has 3 aromatic heterocycles. The molecule has 0 saturated heterocycles. The molecule has 0 bridgehead atoms. The second kappa shape index (κ2) is 8.91. The van der Waals surface area contributed by atoms with Gasteiger partial charge in [0.05, 0.1) is 11.4 Å². The lowest BCUT2D eigenvalue weighted by Gasteiger charge is -2.17. The van der Waals surface area contributed by atoms with E-state index in [0.29, 0.717) is 22.3 Å². The van der Waals surface area contributed by atoms with Crippen molar-refractivity contribution in [2.45, 2.75) is 13.0 Å². The Hall–Kier alpha value is -3.16. The molecule has 4 rings (SSSR count). The third-order valence-electron chi connectivity index (χ3n) is 4.68. The van der Waals surface area contributed by atoms with Crippen LogP contribution < -0.4 is 20.0 Å². The van der Waals surface area contributed by atoms with Crippen LogP contribution in [-0.2, 0) is 13.0 Å². The van der Waals surface area contributed by atoms with Crippen molar-refractivity contribution in [1.82, 2.24) is 9.38 Å². The number of hydrogen-bond acceptors (Lipinski definition) is 4. The van der Waals surface area contributed by atoms with Crippen LogP contribution in [0.25, 0.3) is 5.65 Å². The van der Waals surface area contributed by atoms with Crippen molar-refractivity contribution in [3.8, 4) is 17.4 Å². The Morgan fingerprint density at radius 1 is 1.16 bits per heavy atom. The van der Waals surface area contributed by atoms with E-state index in [1.54, 1.807) is 42.7 Å². The zero-order chi connectivity index (χ0) is 22.0. The Morgan fingerprint density at radius 2 is 1.90 bits per heavy atom. The van der Waals surface area contributed by atoms with Gasteiger partial charge in [0.15, 0.2) is 5.75 Å². The van der Waals surface area contributed by atoms with Crippen LogP contribution in [0.4, 0.5) is 0 Å². The zero-order valence-corrected chi connectivity index (χ0v) is 18.6. The maximum Gasteiger partial charge on any atom is 0.345 e. The van der Waals surface area contributed by atoms with Crippen LogP contribution in [0.1, 0.15) is 11.1 Å². The predicted molar refractivity (Wildman–Crippen MR) is 120 cm³/mol. The third-order valence-corrected chi connectivity index (χ3v) is 5.44. The number of pyridine rings is 2. The maximum atomic E-state index is 13.1. The number of rotatable bonds is 6. The Morgan fingerprint density at radius 3 is 2.58 bits per heavy atom. The van der Waals surface area contributed by atoms with E-state index in [1.807, 2.05) is 24.3 Å². The maximum absolute atomic E-state index is 13.1. The van der Waals surface area contributed by atoms with Crippen molar-refractivity contribution in [3.63, 3.8) is 0 Å². The van der Waals surface area contributed by atoms with Crippen molar-refractivity contribution < 1.29 is 14.4 Å². The molecule has 0 spiro atoms. The van der Waals surface area contributed by atoms with Gasteiger partial charge in [-0.1, -0.05) is 39.7 Å². The molecule has 0 aliphatic rings. The summed E-state index contributed by atoms with van der Waals surface area (Å²) in [5, 5.41) is 13.5. The van der Waals surface area contributed by atoms with Crippen LogP contribution in [-0.4, -0.2) is 9.38 Å². The van der Waals surface area contributed by atoms with Gasteiger partial charge < -0.3 is 9.84 Å². The van der Waals surface area contributed by atoms with Crippen molar-refractivity contribution in [2.75, 3.05) is 0 Å². The molecule has 0 saturated carbocycles. The van der Waals surface area contributed by atoms with E-state index >= 15 is 0 Å². The summed E-state index contributed by atoms with van der Waals surface area (Å²) in [6, 6.07) is 14.2. The monoisotopic (exact) mass is 497 g/mol. The molecule has 4 aromatic rings. The smallest absolute Gasteiger partial charge is 0.345 e. The van der Waals surface area contributed by atoms with Gasteiger partial charge in [-0.2, -0.15) is 4.40 Å². The SMILES string of the molecule is C=CCc1c([O-])[n+](Cc2ccc(Cl)nc2)c2ccc(Oc3ccc(Br)cc3)cn2c1=O. The van der Waals surface area contributed by atoms with E-state index in [1.165, 1.54) is 8.97 Å². The van der Waals surface area contributed by atoms with Gasteiger partial charge in [-0.3, -0.25) is 0 Å². The van der Waals surface area contributed by atoms with Crippen LogP contribution in [0, 0.1) is 0 Å². The molecule has 0 aliphatic heterocycles. The first kappa shape index (κ1) is 21.1. The average molecular weight is 499 g/mol. The molecule has 31 heavy (non-hydrogen) atoms.